The Hall–Kier alpha value is -1.68. The summed E-state index contributed by atoms with van der Waals surface area (Å²) in [7, 11) is 3.58. The standard InChI is InChI=1S/C15H20N2O2/c1-4-12(16-2)15(19)11-5-7-13-10(9-11)6-8-14(18)17(13)3/h5,7,9,12,16H,4,6,8H2,1-3H3. The predicted molar refractivity (Wildman–Crippen MR) is 75.6 cm³/mol. The maximum absolute atomic E-state index is 12.3. The summed E-state index contributed by atoms with van der Waals surface area (Å²) < 4.78 is 0. The summed E-state index contributed by atoms with van der Waals surface area (Å²) in [6.45, 7) is 1.99. The van der Waals surface area contributed by atoms with Crippen LogP contribution in [0.1, 0.15) is 35.7 Å². The molecule has 1 amide bonds. The van der Waals surface area contributed by atoms with Gasteiger partial charge in [-0.25, -0.2) is 0 Å². The van der Waals surface area contributed by atoms with Crippen LogP contribution in [0.5, 0.6) is 0 Å². The molecule has 4 nitrogen and oxygen atoms in total. The fourth-order valence-electron chi connectivity index (χ4n) is 2.53. The van der Waals surface area contributed by atoms with Gasteiger partial charge in [-0.3, -0.25) is 9.59 Å². The van der Waals surface area contributed by atoms with Gasteiger partial charge in [0.1, 0.15) is 0 Å². The topological polar surface area (TPSA) is 49.4 Å². The number of Topliss-reactive ketones (excluding diaryl/α,β-unsaturated/α-hetero) is 1. The number of hydrogen-bond donors (Lipinski definition) is 1. The van der Waals surface area contributed by atoms with Crippen LogP contribution in [0.25, 0.3) is 0 Å². The zero-order valence-corrected chi connectivity index (χ0v) is 11.7. The molecule has 0 spiro atoms. The van der Waals surface area contributed by atoms with Gasteiger partial charge in [0.15, 0.2) is 5.78 Å². The lowest BCUT2D eigenvalue weighted by Gasteiger charge is -2.26. The van der Waals surface area contributed by atoms with E-state index in [1.54, 1.807) is 19.0 Å². The van der Waals surface area contributed by atoms with E-state index in [0.29, 0.717) is 6.42 Å². The molecular formula is C15H20N2O2. The number of nitrogens with zero attached hydrogens (tertiary/aromatic N) is 1. The normalized spacial score (nSPS) is 16.2. The van der Waals surface area contributed by atoms with Crippen molar-refractivity contribution in [3.8, 4) is 0 Å². The first-order valence-corrected chi connectivity index (χ1v) is 6.69. The van der Waals surface area contributed by atoms with Crippen molar-refractivity contribution in [1.82, 2.24) is 5.32 Å². The number of rotatable bonds is 4. The zero-order chi connectivity index (χ0) is 14.0. The molecular weight excluding hydrogens is 240 g/mol. The van der Waals surface area contributed by atoms with E-state index in [-0.39, 0.29) is 17.7 Å². The first-order chi connectivity index (χ1) is 9.08. The highest BCUT2D eigenvalue weighted by Gasteiger charge is 2.23. The highest BCUT2D eigenvalue weighted by molar-refractivity contribution is 6.02. The number of hydrogen-bond acceptors (Lipinski definition) is 3. The van der Waals surface area contributed by atoms with E-state index in [0.717, 1.165) is 29.7 Å². The highest BCUT2D eigenvalue weighted by atomic mass is 16.2. The minimum Gasteiger partial charge on any atom is -0.315 e. The molecule has 2 rings (SSSR count). The molecule has 0 bridgehead atoms. The van der Waals surface area contributed by atoms with E-state index in [1.165, 1.54) is 0 Å². The molecule has 0 aromatic heterocycles. The molecule has 4 heteroatoms. The van der Waals surface area contributed by atoms with E-state index >= 15 is 0 Å². The Labute approximate surface area is 113 Å². The Bertz CT molecular complexity index is 507. The molecule has 1 aliphatic rings. The quantitative estimate of drug-likeness (QED) is 0.839. The van der Waals surface area contributed by atoms with E-state index < -0.39 is 0 Å². The van der Waals surface area contributed by atoms with Gasteiger partial charge in [-0.15, -0.1) is 0 Å². The second-order valence-corrected chi connectivity index (χ2v) is 4.91. The maximum Gasteiger partial charge on any atom is 0.227 e. The molecule has 102 valence electrons. The van der Waals surface area contributed by atoms with Crippen molar-refractivity contribution in [3.05, 3.63) is 29.3 Å². The van der Waals surface area contributed by atoms with Gasteiger partial charge in [0.25, 0.3) is 0 Å². The van der Waals surface area contributed by atoms with Crippen LogP contribution in [-0.4, -0.2) is 31.8 Å². The summed E-state index contributed by atoms with van der Waals surface area (Å²) in [6, 6.07) is 5.49. The molecule has 1 heterocycles. The van der Waals surface area contributed by atoms with Crippen molar-refractivity contribution in [3.63, 3.8) is 0 Å². The number of fused-ring (bicyclic) bond motifs is 1. The number of ketones is 1. The number of amides is 1. The lowest BCUT2D eigenvalue weighted by molar-refractivity contribution is -0.118. The van der Waals surface area contributed by atoms with Gasteiger partial charge in [-0.05, 0) is 43.7 Å². The first-order valence-electron chi connectivity index (χ1n) is 6.69. The van der Waals surface area contributed by atoms with Crippen LogP contribution in [0.2, 0.25) is 0 Å². The smallest absolute Gasteiger partial charge is 0.227 e. The molecule has 1 unspecified atom stereocenters. The van der Waals surface area contributed by atoms with Gasteiger partial charge < -0.3 is 10.2 Å². The first kappa shape index (κ1) is 13.7. The van der Waals surface area contributed by atoms with Gasteiger partial charge in [0.05, 0.1) is 6.04 Å². The summed E-state index contributed by atoms with van der Waals surface area (Å²) in [4.78, 5) is 25.6. The molecule has 1 aromatic carbocycles. The van der Waals surface area contributed by atoms with Gasteiger partial charge >= 0.3 is 0 Å². The second kappa shape index (κ2) is 5.53. The lowest BCUT2D eigenvalue weighted by atomic mass is 9.95. The van der Waals surface area contributed by atoms with Gasteiger partial charge in [-0.1, -0.05) is 6.92 Å². The Balaban J connectivity index is 2.32. The minimum absolute atomic E-state index is 0.118. The number of benzene rings is 1. The van der Waals surface area contributed by atoms with Crippen LogP contribution in [0.3, 0.4) is 0 Å². The largest absolute Gasteiger partial charge is 0.315 e. The van der Waals surface area contributed by atoms with Crippen molar-refractivity contribution >= 4 is 17.4 Å². The number of nitrogens with one attached hydrogen (secondary N) is 1. The SMILES string of the molecule is CCC(NC)C(=O)c1ccc2c(c1)CCC(=O)N2C. The van der Waals surface area contributed by atoms with Crippen LogP contribution in [0.15, 0.2) is 18.2 Å². The van der Waals surface area contributed by atoms with Gasteiger partial charge in [-0.2, -0.15) is 0 Å². The molecule has 1 aliphatic heterocycles. The zero-order valence-electron chi connectivity index (χ0n) is 11.7. The van der Waals surface area contributed by atoms with E-state index in [1.807, 2.05) is 25.1 Å². The summed E-state index contributed by atoms with van der Waals surface area (Å²) in [5.41, 5.74) is 2.73. The van der Waals surface area contributed by atoms with Crippen molar-refractivity contribution < 1.29 is 9.59 Å². The van der Waals surface area contributed by atoms with Crippen molar-refractivity contribution in [2.24, 2.45) is 0 Å². The third-order valence-corrected chi connectivity index (χ3v) is 3.78. The second-order valence-electron chi connectivity index (χ2n) is 4.91. The molecule has 19 heavy (non-hydrogen) atoms. The van der Waals surface area contributed by atoms with E-state index in [2.05, 4.69) is 5.32 Å². The predicted octanol–water partition coefficient (Wildman–Crippen LogP) is 1.78. The van der Waals surface area contributed by atoms with Gasteiger partial charge in [0, 0.05) is 24.7 Å². The molecule has 1 aromatic rings. The van der Waals surface area contributed by atoms with E-state index in [9.17, 15) is 9.59 Å². The van der Waals surface area contributed by atoms with Crippen molar-refractivity contribution in [2.75, 3.05) is 19.0 Å². The third kappa shape index (κ3) is 2.54. The number of likely N-dealkylation sites (N-methyl/N-ethyl adjacent to an activating group) is 1. The van der Waals surface area contributed by atoms with Crippen molar-refractivity contribution in [1.29, 1.82) is 0 Å². The van der Waals surface area contributed by atoms with Crippen LogP contribution in [0, 0.1) is 0 Å². The van der Waals surface area contributed by atoms with Crippen LogP contribution in [0.4, 0.5) is 5.69 Å². The molecule has 0 saturated carbocycles. The molecule has 0 radical (unpaired) electrons. The third-order valence-electron chi connectivity index (χ3n) is 3.78. The van der Waals surface area contributed by atoms with Crippen molar-refractivity contribution in [2.45, 2.75) is 32.2 Å². The average molecular weight is 260 g/mol. The summed E-state index contributed by atoms with van der Waals surface area (Å²) >= 11 is 0. The molecule has 0 saturated heterocycles. The minimum atomic E-state index is -0.138. The molecule has 0 fully saturated rings. The fourth-order valence-corrected chi connectivity index (χ4v) is 2.53. The summed E-state index contributed by atoms with van der Waals surface area (Å²) in [6.07, 6.45) is 2.01. The Morgan fingerprint density at radius 1 is 1.42 bits per heavy atom. The summed E-state index contributed by atoms with van der Waals surface area (Å²) in [5.74, 6) is 0.251. The number of aryl methyl sites for hydroxylation is 1. The van der Waals surface area contributed by atoms with Gasteiger partial charge in [0.2, 0.25) is 5.91 Å². The van der Waals surface area contributed by atoms with E-state index in [4.69, 9.17) is 0 Å². The molecule has 1 atom stereocenters. The number of anilines is 1. The summed E-state index contributed by atoms with van der Waals surface area (Å²) in [5, 5.41) is 3.03. The molecule has 1 N–H and O–H groups in total. The maximum atomic E-state index is 12.3. The Morgan fingerprint density at radius 2 is 2.16 bits per heavy atom. The number of carbonyl (C=O) groups is 2. The Kier molecular flexibility index (Phi) is 4.00. The average Bonchev–Trinajstić information content (AvgIpc) is 2.44. The lowest BCUT2D eigenvalue weighted by Crippen LogP contribution is -2.34. The van der Waals surface area contributed by atoms with Crippen LogP contribution < -0.4 is 10.2 Å². The van der Waals surface area contributed by atoms with Crippen LogP contribution in [-0.2, 0) is 11.2 Å². The van der Waals surface area contributed by atoms with Crippen LogP contribution >= 0.6 is 0 Å². The number of carbonyl (C=O) groups excluding carboxylic acids is 2. The highest BCUT2D eigenvalue weighted by Crippen LogP contribution is 2.28. The molecule has 0 aliphatic carbocycles. The Morgan fingerprint density at radius 3 is 2.79 bits per heavy atom. The fraction of sp³-hybridized carbons (Fsp3) is 0.467. The monoisotopic (exact) mass is 260 g/mol.